The highest BCUT2D eigenvalue weighted by Crippen LogP contribution is 2.14. The minimum absolute atomic E-state index is 0.347. The van der Waals surface area contributed by atoms with E-state index in [1.165, 1.54) is 7.11 Å². The lowest BCUT2D eigenvalue weighted by Crippen LogP contribution is -2.40. The van der Waals surface area contributed by atoms with E-state index in [4.69, 9.17) is 0 Å². The van der Waals surface area contributed by atoms with Crippen LogP contribution in [-0.2, 0) is 4.74 Å². The maximum Gasteiger partial charge on any atom is 0.337 e. The smallest absolute Gasteiger partial charge is 0.337 e. The molecule has 0 spiro atoms. The van der Waals surface area contributed by atoms with Crippen molar-refractivity contribution in [2.24, 2.45) is 10.3 Å². The molecule has 96 valence electrons. The van der Waals surface area contributed by atoms with Crippen LogP contribution in [0.5, 0.6) is 0 Å². The van der Waals surface area contributed by atoms with Gasteiger partial charge in [-0.3, -0.25) is 5.01 Å². The number of methoxy groups -OCH3 is 1. The quantitative estimate of drug-likeness (QED) is 0.648. The van der Waals surface area contributed by atoms with Crippen molar-refractivity contribution < 1.29 is 9.53 Å². The molecule has 1 aromatic carbocycles. The summed E-state index contributed by atoms with van der Waals surface area (Å²) in [6, 6.07) is 6.85. The topological polar surface area (TPSA) is 66.3 Å². The molecule has 1 N–H and O–H groups in total. The molecule has 0 amide bonds. The molecule has 0 aliphatic carbocycles. The zero-order valence-corrected chi connectivity index (χ0v) is 10.3. The van der Waals surface area contributed by atoms with Crippen LogP contribution in [0.2, 0.25) is 0 Å². The van der Waals surface area contributed by atoms with Gasteiger partial charge >= 0.3 is 5.97 Å². The van der Waals surface area contributed by atoms with Crippen LogP contribution >= 0.6 is 0 Å². The minimum Gasteiger partial charge on any atom is -0.465 e. The van der Waals surface area contributed by atoms with Gasteiger partial charge in [-0.15, -0.1) is 5.11 Å². The molecule has 1 heterocycles. The van der Waals surface area contributed by atoms with E-state index in [1.807, 2.05) is 5.01 Å². The van der Waals surface area contributed by atoms with Gasteiger partial charge in [0, 0.05) is 13.1 Å². The third kappa shape index (κ3) is 3.27. The van der Waals surface area contributed by atoms with Crippen LogP contribution in [0.25, 0.3) is 0 Å². The lowest BCUT2D eigenvalue weighted by atomic mass is 10.2. The van der Waals surface area contributed by atoms with Crippen LogP contribution in [-0.4, -0.2) is 44.3 Å². The van der Waals surface area contributed by atoms with Crippen LogP contribution < -0.4 is 5.32 Å². The fraction of sp³-hybridized carbons (Fsp3) is 0.417. The molecule has 2 rings (SSSR count). The van der Waals surface area contributed by atoms with E-state index < -0.39 is 0 Å². The van der Waals surface area contributed by atoms with Crippen molar-refractivity contribution in [1.82, 2.24) is 10.3 Å². The van der Waals surface area contributed by atoms with E-state index in [2.05, 4.69) is 20.4 Å². The Balaban J connectivity index is 1.97. The molecule has 0 bridgehead atoms. The molecule has 0 atom stereocenters. The second-order valence-corrected chi connectivity index (χ2v) is 3.93. The summed E-state index contributed by atoms with van der Waals surface area (Å²) in [5.41, 5.74) is 1.24. The van der Waals surface area contributed by atoms with Crippen LogP contribution in [0, 0.1) is 0 Å². The van der Waals surface area contributed by atoms with Crippen LogP contribution in [0.1, 0.15) is 10.4 Å². The van der Waals surface area contributed by atoms with Crippen molar-refractivity contribution in [3.63, 3.8) is 0 Å². The maximum absolute atomic E-state index is 11.2. The molecular weight excluding hydrogens is 232 g/mol. The predicted molar refractivity (Wildman–Crippen MR) is 66.7 cm³/mol. The van der Waals surface area contributed by atoms with Crippen molar-refractivity contribution in [3.05, 3.63) is 29.8 Å². The zero-order valence-electron chi connectivity index (χ0n) is 10.3. The van der Waals surface area contributed by atoms with Crippen LogP contribution in [0.15, 0.2) is 34.6 Å². The van der Waals surface area contributed by atoms with Crippen molar-refractivity contribution in [2.75, 3.05) is 33.3 Å². The highest BCUT2D eigenvalue weighted by molar-refractivity contribution is 5.89. The fourth-order valence-electron chi connectivity index (χ4n) is 1.64. The summed E-state index contributed by atoms with van der Waals surface area (Å²) in [7, 11) is 1.36. The summed E-state index contributed by atoms with van der Waals surface area (Å²) in [5, 5.41) is 13.4. The molecule has 18 heavy (non-hydrogen) atoms. The number of esters is 1. The molecule has 1 aliphatic heterocycles. The third-order valence-corrected chi connectivity index (χ3v) is 2.67. The number of nitrogens with zero attached hydrogens (tertiary/aromatic N) is 3. The summed E-state index contributed by atoms with van der Waals surface area (Å²) in [4.78, 5) is 11.2. The Morgan fingerprint density at radius 3 is 2.56 bits per heavy atom. The lowest BCUT2D eigenvalue weighted by molar-refractivity contribution is 0.0601. The van der Waals surface area contributed by atoms with E-state index in [9.17, 15) is 4.79 Å². The Labute approximate surface area is 106 Å². The zero-order chi connectivity index (χ0) is 12.8. The number of benzene rings is 1. The number of rotatable bonds is 3. The van der Waals surface area contributed by atoms with E-state index in [0.717, 1.165) is 31.9 Å². The van der Waals surface area contributed by atoms with Gasteiger partial charge in [0.15, 0.2) is 0 Å². The van der Waals surface area contributed by atoms with Crippen molar-refractivity contribution in [1.29, 1.82) is 0 Å². The van der Waals surface area contributed by atoms with Gasteiger partial charge in [0.1, 0.15) is 0 Å². The van der Waals surface area contributed by atoms with Gasteiger partial charge in [0.25, 0.3) is 0 Å². The Bertz CT molecular complexity index is 424. The van der Waals surface area contributed by atoms with E-state index in [0.29, 0.717) is 5.56 Å². The maximum atomic E-state index is 11.2. The van der Waals surface area contributed by atoms with E-state index >= 15 is 0 Å². The molecule has 6 heteroatoms. The minimum atomic E-state index is -0.347. The average Bonchev–Trinajstić information content (AvgIpc) is 2.46. The molecular formula is C12H16N4O2. The Morgan fingerprint density at radius 1 is 1.28 bits per heavy atom. The van der Waals surface area contributed by atoms with Gasteiger partial charge in [-0.2, -0.15) is 0 Å². The lowest BCUT2D eigenvalue weighted by Gasteiger charge is -2.22. The third-order valence-electron chi connectivity index (χ3n) is 2.67. The van der Waals surface area contributed by atoms with Crippen LogP contribution in [0.4, 0.5) is 5.69 Å². The van der Waals surface area contributed by atoms with Crippen molar-refractivity contribution in [2.45, 2.75) is 0 Å². The normalized spacial score (nSPS) is 15.9. The van der Waals surface area contributed by atoms with Crippen LogP contribution in [0.3, 0.4) is 0 Å². The second kappa shape index (κ2) is 6.11. The highest BCUT2D eigenvalue weighted by atomic mass is 16.5. The van der Waals surface area contributed by atoms with Gasteiger partial charge in [-0.05, 0) is 24.3 Å². The van der Waals surface area contributed by atoms with Gasteiger partial charge in [0.05, 0.1) is 31.5 Å². The molecule has 1 aliphatic rings. The fourth-order valence-corrected chi connectivity index (χ4v) is 1.64. The first-order valence-corrected chi connectivity index (χ1v) is 5.85. The molecule has 0 unspecified atom stereocenters. The number of carbonyl (C=O) groups excluding carboxylic acids is 1. The molecule has 0 radical (unpaired) electrons. The number of ether oxygens (including phenoxy) is 1. The SMILES string of the molecule is COC(=O)c1ccc(N=NN2CCNCC2)cc1. The summed E-state index contributed by atoms with van der Waals surface area (Å²) in [6.07, 6.45) is 0. The number of piperazine rings is 1. The molecule has 1 aromatic rings. The molecule has 1 fully saturated rings. The number of hydrogen-bond donors (Lipinski definition) is 1. The number of hydrogen-bond acceptors (Lipinski definition) is 5. The standard InChI is InChI=1S/C12H16N4O2/c1-18-12(17)10-2-4-11(5-3-10)14-15-16-8-6-13-7-9-16/h2-5,13H,6-9H2,1H3. The average molecular weight is 248 g/mol. The van der Waals surface area contributed by atoms with Gasteiger partial charge in [-0.1, -0.05) is 5.22 Å². The van der Waals surface area contributed by atoms with Crippen molar-refractivity contribution >= 4 is 11.7 Å². The largest absolute Gasteiger partial charge is 0.465 e. The summed E-state index contributed by atoms with van der Waals surface area (Å²) in [5.74, 6) is -0.347. The summed E-state index contributed by atoms with van der Waals surface area (Å²) >= 11 is 0. The molecule has 0 saturated carbocycles. The monoisotopic (exact) mass is 248 g/mol. The number of nitrogens with one attached hydrogen (secondary N) is 1. The first kappa shape index (κ1) is 12.5. The first-order chi connectivity index (χ1) is 8.79. The Kier molecular flexibility index (Phi) is 4.25. The van der Waals surface area contributed by atoms with Gasteiger partial charge in [-0.25, -0.2) is 4.79 Å². The Morgan fingerprint density at radius 2 is 1.94 bits per heavy atom. The van der Waals surface area contributed by atoms with Gasteiger partial charge < -0.3 is 10.1 Å². The molecule has 1 saturated heterocycles. The Hall–Kier alpha value is -1.95. The second-order valence-electron chi connectivity index (χ2n) is 3.93. The predicted octanol–water partition coefficient (Wildman–Crippen LogP) is 1.38. The molecule has 6 nitrogen and oxygen atoms in total. The summed E-state index contributed by atoms with van der Waals surface area (Å²) < 4.78 is 4.62. The first-order valence-electron chi connectivity index (χ1n) is 5.85. The number of carbonyl (C=O) groups is 1. The van der Waals surface area contributed by atoms with E-state index in [1.54, 1.807) is 24.3 Å². The van der Waals surface area contributed by atoms with E-state index in [-0.39, 0.29) is 5.97 Å². The highest BCUT2D eigenvalue weighted by Gasteiger charge is 2.07. The van der Waals surface area contributed by atoms with Crippen molar-refractivity contribution in [3.8, 4) is 0 Å². The molecule has 0 aromatic heterocycles. The van der Waals surface area contributed by atoms with Gasteiger partial charge in [0.2, 0.25) is 0 Å². The summed E-state index contributed by atoms with van der Waals surface area (Å²) in [6.45, 7) is 3.59.